The van der Waals surface area contributed by atoms with E-state index in [-0.39, 0.29) is 11.4 Å². The smallest absolute Gasteiger partial charge is 0.416 e. The van der Waals surface area contributed by atoms with Crippen LogP contribution in [0.25, 0.3) is 5.69 Å². The maximum atomic E-state index is 13.5. The van der Waals surface area contributed by atoms with E-state index < -0.39 is 33.8 Å². The lowest BCUT2D eigenvalue weighted by molar-refractivity contribution is -0.137. The minimum Gasteiger partial charge on any atom is -0.494 e. The number of sulfonamides is 1. The number of alkyl halides is 3. The molecule has 1 aliphatic rings. The predicted octanol–water partition coefficient (Wildman–Crippen LogP) is 5.45. The second-order valence-corrected chi connectivity index (χ2v) is 11.2. The van der Waals surface area contributed by atoms with E-state index in [1.54, 1.807) is 53.4 Å². The zero-order valence-electron chi connectivity index (χ0n) is 21.3. The summed E-state index contributed by atoms with van der Waals surface area (Å²) in [6.45, 7) is 0. The summed E-state index contributed by atoms with van der Waals surface area (Å²) in [7, 11) is -2.15. The van der Waals surface area contributed by atoms with Crippen molar-refractivity contribution in [3.63, 3.8) is 0 Å². The van der Waals surface area contributed by atoms with Crippen LogP contribution in [-0.4, -0.2) is 36.4 Å². The fourth-order valence-electron chi connectivity index (χ4n) is 4.75. The van der Waals surface area contributed by atoms with E-state index in [9.17, 15) is 21.6 Å². The molecule has 5 rings (SSSR count). The van der Waals surface area contributed by atoms with Crippen LogP contribution in [0.4, 0.5) is 24.5 Å². The van der Waals surface area contributed by atoms with Crippen LogP contribution in [0.15, 0.2) is 85.2 Å². The SMILES string of the molecule is COc1cc(N2C(=S)N[C@H](c3ccccn3)[C@@H]2c2cccn2-c2cccc(C(F)(F)F)c2)ccc1NS(C)(=O)=O. The van der Waals surface area contributed by atoms with Gasteiger partial charge in [-0.3, -0.25) is 9.71 Å². The largest absolute Gasteiger partial charge is 0.494 e. The van der Waals surface area contributed by atoms with Gasteiger partial charge in [0.2, 0.25) is 10.0 Å². The van der Waals surface area contributed by atoms with E-state index in [0.29, 0.717) is 27.9 Å². The van der Waals surface area contributed by atoms with Gasteiger partial charge < -0.3 is 19.5 Å². The van der Waals surface area contributed by atoms with Crippen LogP contribution >= 0.6 is 12.2 Å². The fourth-order valence-corrected chi connectivity index (χ4v) is 5.66. The van der Waals surface area contributed by atoms with Crippen LogP contribution in [0.5, 0.6) is 5.75 Å². The molecule has 2 N–H and O–H groups in total. The molecule has 0 bridgehead atoms. The van der Waals surface area contributed by atoms with E-state index in [1.807, 2.05) is 23.1 Å². The van der Waals surface area contributed by atoms with Crippen LogP contribution in [0.1, 0.15) is 29.0 Å². The molecule has 1 aliphatic heterocycles. The Morgan fingerprint density at radius 1 is 1.02 bits per heavy atom. The standard InChI is InChI=1S/C27H24F3N5O3S2/c1-38-23-16-19(11-12-20(23)33-40(2,36)37)35-25(24(32-26(35)39)21-9-3-4-13-31-21)22-10-6-14-34(22)18-8-5-7-17(15-18)27(28,29)30/h3-16,24-25,33H,1-2H3,(H,32,39)/t24-,25+/m1/s1. The molecule has 2 aromatic heterocycles. The number of ether oxygens (including phenoxy) is 1. The van der Waals surface area contributed by atoms with Crippen LogP contribution < -0.4 is 19.7 Å². The second-order valence-electron chi connectivity index (χ2n) is 9.11. The molecular weight excluding hydrogens is 563 g/mol. The van der Waals surface area contributed by atoms with E-state index >= 15 is 0 Å². The lowest BCUT2D eigenvalue weighted by Crippen LogP contribution is -2.30. The maximum absolute atomic E-state index is 13.5. The number of thiocarbonyl (C=S) groups is 1. The number of hydrogen-bond acceptors (Lipinski definition) is 5. The fraction of sp³-hybridized carbons (Fsp3) is 0.185. The first-order valence-electron chi connectivity index (χ1n) is 12.0. The summed E-state index contributed by atoms with van der Waals surface area (Å²) in [6, 6.07) is 18.0. The summed E-state index contributed by atoms with van der Waals surface area (Å²) in [5.41, 5.74) is 1.72. The molecule has 13 heteroatoms. The van der Waals surface area contributed by atoms with Crippen molar-refractivity contribution in [2.24, 2.45) is 0 Å². The first-order chi connectivity index (χ1) is 19.0. The number of methoxy groups -OCH3 is 1. The van der Waals surface area contributed by atoms with Crippen molar-refractivity contribution in [1.29, 1.82) is 0 Å². The molecule has 2 aromatic carbocycles. The predicted molar refractivity (Wildman–Crippen MR) is 150 cm³/mol. The summed E-state index contributed by atoms with van der Waals surface area (Å²) >= 11 is 5.76. The van der Waals surface area contributed by atoms with Gasteiger partial charge >= 0.3 is 6.18 Å². The number of nitrogens with one attached hydrogen (secondary N) is 2. The lowest BCUT2D eigenvalue weighted by Gasteiger charge is -2.29. The van der Waals surface area contributed by atoms with Crippen molar-refractivity contribution < 1.29 is 26.3 Å². The van der Waals surface area contributed by atoms with Gasteiger partial charge in [0.25, 0.3) is 0 Å². The average Bonchev–Trinajstić information content (AvgIpc) is 3.52. The first-order valence-corrected chi connectivity index (χ1v) is 14.3. The Kier molecular flexibility index (Phi) is 7.19. The molecule has 208 valence electrons. The molecule has 8 nitrogen and oxygen atoms in total. The van der Waals surface area contributed by atoms with Crippen LogP contribution in [0.3, 0.4) is 0 Å². The van der Waals surface area contributed by atoms with Crippen molar-refractivity contribution in [3.8, 4) is 11.4 Å². The van der Waals surface area contributed by atoms with Crippen LogP contribution in [-0.2, 0) is 16.2 Å². The van der Waals surface area contributed by atoms with Gasteiger partial charge in [-0.1, -0.05) is 12.1 Å². The summed E-state index contributed by atoms with van der Waals surface area (Å²) < 4.78 is 73.8. The summed E-state index contributed by atoms with van der Waals surface area (Å²) in [4.78, 5) is 6.33. The van der Waals surface area contributed by atoms with Crippen molar-refractivity contribution in [3.05, 3.63) is 102 Å². The number of nitrogens with zero attached hydrogens (tertiary/aromatic N) is 3. The number of benzene rings is 2. The van der Waals surface area contributed by atoms with E-state index in [2.05, 4.69) is 15.0 Å². The second kappa shape index (κ2) is 10.5. The molecule has 40 heavy (non-hydrogen) atoms. The molecule has 0 spiro atoms. The Hall–Kier alpha value is -4.10. The van der Waals surface area contributed by atoms with Gasteiger partial charge in [0.15, 0.2) is 5.11 Å². The summed E-state index contributed by atoms with van der Waals surface area (Å²) in [5.74, 6) is 0.263. The minimum absolute atomic E-state index is 0.247. The third kappa shape index (κ3) is 5.47. The van der Waals surface area contributed by atoms with Crippen LogP contribution in [0.2, 0.25) is 0 Å². The molecule has 0 aliphatic carbocycles. The molecule has 1 fully saturated rings. The molecule has 0 saturated carbocycles. The number of pyridine rings is 1. The van der Waals surface area contributed by atoms with Gasteiger partial charge in [0.05, 0.1) is 36.4 Å². The zero-order valence-corrected chi connectivity index (χ0v) is 22.9. The monoisotopic (exact) mass is 587 g/mol. The number of halogens is 3. The number of rotatable bonds is 7. The molecule has 3 heterocycles. The third-order valence-electron chi connectivity index (χ3n) is 6.39. The minimum atomic E-state index is -4.50. The topological polar surface area (TPSA) is 88.5 Å². The average molecular weight is 588 g/mol. The number of hydrogen-bond donors (Lipinski definition) is 2. The molecule has 0 radical (unpaired) electrons. The highest BCUT2D eigenvalue weighted by molar-refractivity contribution is 7.92. The Balaban J connectivity index is 1.65. The van der Waals surface area contributed by atoms with Gasteiger partial charge in [-0.25, -0.2) is 8.42 Å². The Labute approximate surface area is 234 Å². The molecular formula is C27H24F3N5O3S2. The van der Waals surface area contributed by atoms with Crippen molar-refractivity contribution in [2.75, 3.05) is 23.0 Å². The molecule has 2 atom stereocenters. The molecule has 4 aromatic rings. The third-order valence-corrected chi connectivity index (χ3v) is 7.30. The first kappa shape index (κ1) is 27.5. The highest BCUT2D eigenvalue weighted by Crippen LogP contribution is 2.44. The Morgan fingerprint density at radius 2 is 1.82 bits per heavy atom. The molecule has 0 unspecified atom stereocenters. The van der Waals surface area contributed by atoms with E-state index in [1.165, 1.54) is 13.2 Å². The quantitative estimate of drug-likeness (QED) is 0.278. The normalized spacial score (nSPS) is 17.5. The lowest BCUT2D eigenvalue weighted by atomic mass is 10.0. The highest BCUT2D eigenvalue weighted by Gasteiger charge is 2.42. The van der Waals surface area contributed by atoms with Gasteiger partial charge in [-0.05, 0) is 66.8 Å². The van der Waals surface area contributed by atoms with Gasteiger partial charge in [-0.15, -0.1) is 0 Å². The van der Waals surface area contributed by atoms with Gasteiger partial charge in [0, 0.05) is 35.5 Å². The number of anilines is 2. The maximum Gasteiger partial charge on any atom is 0.416 e. The van der Waals surface area contributed by atoms with Crippen molar-refractivity contribution in [1.82, 2.24) is 14.9 Å². The van der Waals surface area contributed by atoms with E-state index in [4.69, 9.17) is 17.0 Å². The van der Waals surface area contributed by atoms with Crippen LogP contribution in [0, 0.1) is 0 Å². The van der Waals surface area contributed by atoms with Crippen molar-refractivity contribution in [2.45, 2.75) is 18.3 Å². The van der Waals surface area contributed by atoms with Crippen molar-refractivity contribution >= 4 is 38.7 Å². The summed E-state index contributed by atoms with van der Waals surface area (Å²) in [5, 5.41) is 3.66. The van der Waals surface area contributed by atoms with Gasteiger partial charge in [-0.2, -0.15) is 13.2 Å². The Bertz CT molecular complexity index is 1660. The number of aromatic nitrogens is 2. The zero-order chi connectivity index (χ0) is 28.7. The highest BCUT2D eigenvalue weighted by atomic mass is 32.2. The molecule has 0 amide bonds. The summed E-state index contributed by atoms with van der Waals surface area (Å²) in [6.07, 6.45) is -0.115. The van der Waals surface area contributed by atoms with E-state index in [0.717, 1.165) is 18.4 Å². The Morgan fingerprint density at radius 3 is 2.50 bits per heavy atom. The van der Waals surface area contributed by atoms with Gasteiger partial charge in [0.1, 0.15) is 11.8 Å². The molecule has 1 saturated heterocycles.